The van der Waals surface area contributed by atoms with Crippen molar-refractivity contribution in [3.8, 4) is 0 Å². The third-order valence-electron chi connectivity index (χ3n) is 2.22. The van der Waals surface area contributed by atoms with E-state index in [-0.39, 0.29) is 24.0 Å². The average Bonchev–Trinajstić information content (AvgIpc) is 2.34. The minimum absolute atomic E-state index is 0.0402. The van der Waals surface area contributed by atoms with Crippen molar-refractivity contribution in [2.24, 2.45) is 5.73 Å². The number of nitrogens with zero attached hydrogens (tertiary/aromatic N) is 2. The van der Waals surface area contributed by atoms with Gasteiger partial charge in [-0.3, -0.25) is 14.4 Å². The number of hydrogen-bond acceptors (Lipinski definition) is 4. The molecule has 0 saturated heterocycles. The van der Waals surface area contributed by atoms with Gasteiger partial charge in [-0.2, -0.15) is 0 Å². The number of carbonyl (C=O) groups is 3. The molecule has 108 valence electrons. The van der Waals surface area contributed by atoms with E-state index in [0.29, 0.717) is 13.0 Å². The molecule has 0 aromatic carbocycles. The lowest BCUT2D eigenvalue weighted by atomic mass is 10.3. The number of likely N-dealkylation sites (N-methyl/N-ethyl adjacent to an activating group) is 1. The van der Waals surface area contributed by atoms with Crippen LogP contribution in [0.3, 0.4) is 0 Å². The zero-order valence-electron chi connectivity index (χ0n) is 11.4. The van der Waals surface area contributed by atoms with Gasteiger partial charge >= 0.3 is 11.8 Å². The summed E-state index contributed by atoms with van der Waals surface area (Å²) in [6.45, 7) is 2.02. The zero-order valence-corrected chi connectivity index (χ0v) is 12.2. The van der Waals surface area contributed by atoms with E-state index >= 15 is 0 Å². The maximum atomic E-state index is 11.9. The molecule has 0 heterocycles. The van der Waals surface area contributed by atoms with Crippen molar-refractivity contribution in [2.45, 2.75) is 13.3 Å². The summed E-state index contributed by atoms with van der Waals surface area (Å²) in [6, 6.07) is 0. The van der Waals surface area contributed by atoms with Crippen molar-refractivity contribution < 1.29 is 14.4 Å². The van der Waals surface area contributed by atoms with Gasteiger partial charge in [-0.15, -0.1) is 0 Å². The quantitative estimate of drug-likeness (QED) is 0.468. The second-order valence-corrected chi connectivity index (χ2v) is 4.69. The van der Waals surface area contributed by atoms with Crippen molar-refractivity contribution in [3.63, 3.8) is 0 Å². The van der Waals surface area contributed by atoms with E-state index in [1.54, 1.807) is 14.1 Å². The number of amides is 3. The van der Waals surface area contributed by atoms with Crippen molar-refractivity contribution in [2.75, 3.05) is 33.7 Å². The van der Waals surface area contributed by atoms with Crippen LogP contribution in [0.2, 0.25) is 0 Å². The fourth-order valence-corrected chi connectivity index (χ4v) is 1.29. The summed E-state index contributed by atoms with van der Waals surface area (Å²) in [6.07, 6.45) is 0.648. The van der Waals surface area contributed by atoms with Crippen LogP contribution in [-0.2, 0) is 14.4 Å². The molecule has 0 spiro atoms. The molecule has 0 aromatic heterocycles. The maximum absolute atomic E-state index is 11.9. The van der Waals surface area contributed by atoms with E-state index in [1.807, 2.05) is 6.92 Å². The number of rotatable bonds is 6. The smallest absolute Gasteiger partial charge is 0.312 e. The Kier molecular flexibility index (Phi) is 7.66. The van der Waals surface area contributed by atoms with Gasteiger partial charge in [-0.05, 0) is 6.42 Å². The van der Waals surface area contributed by atoms with Crippen molar-refractivity contribution in [3.05, 3.63) is 0 Å². The van der Waals surface area contributed by atoms with Gasteiger partial charge in [0, 0.05) is 20.6 Å². The predicted molar refractivity (Wildman–Crippen MR) is 75.4 cm³/mol. The molecule has 0 unspecified atom stereocenters. The van der Waals surface area contributed by atoms with E-state index in [0.717, 1.165) is 0 Å². The van der Waals surface area contributed by atoms with E-state index in [9.17, 15) is 14.4 Å². The number of thiocarbonyl (C=S) groups is 1. The molecule has 3 amide bonds. The molecule has 0 aliphatic heterocycles. The predicted octanol–water partition coefficient (Wildman–Crippen LogP) is -1.28. The van der Waals surface area contributed by atoms with Crippen LogP contribution >= 0.6 is 12.2 Å². The standard InChI is InChI=1S/C11H20N4O3S/c1-4-5-15(7-9(16)14(2)3)11(18)10(17)13-6-8(12)19/h4-7H2,1-3H3,(H2,12,19)(H,13,17). The highest BCUT2D eigenvalue weighted by molar-refractivity contribution is 7.80. The summed E-state index contributed by atoms with van der Waals surface area (Å²) in [5, 5.41) is 2.30. The van der Waals surface area contributed by atoms with Crippen molar-refractivity contribution in [1.29, 1.82) is 0 Å². The summed E-state index contributed by atoms with van der Waals surface area (Å²) in [4.78, 5) is 37.7. The minimum Gasteiger partial charge on any atom is -0.392 e. The van der Waals surface area contributed by atoms with Gasteiger partial charge in [-0.25, -0.2) is 0 Å². The Morgan fingerprint density at radius 1 is 1.26 bits per heavy atom. The molecule has 0 bridgehead atoms. The minimum atomic E-state index is -0.812. The normalized spacial score (nSPS) is 9.63. The third kappa shape index (κ3) is 6.70. The van der Waals surface area contributed by atoms with Crippen LogP contribution in [-0.4, -0.2) is 66.2 Å². The molecule has 0 rings (SSSR count). The first-order valence-electron chi connectivity index (χ1n) is 5.85. The lowest BCUT2D eigenvalue weighted by Crippen LogP contribution is -2.48. The van der Waals surface area contributed by atoms with Crippen LogP contribution in [0.25, 0.3) is 0 Å². The maximum Gasteiger partial charge on any atom is 0.312 e. The summed E-state index contributed by atoms with van der Waals surface area (Å²) in [7, 11) is 3.17. The molecule has 0 atom stereocenters. The van der Waals surface area contributed by atoms with E-state index in [4.69, 9.17) is 5.73 Å². The van der Waals surface area contributed by atoms with Gasteiger partial charge in [0.15, 0.2) is 0 Å². The van der Waals surface area contributed by atoms with Gasteiger partial charge in [-0.1, -0.05) is 19.1 Å². The Balaban J connectivity index is 4.59. The molecule has 19 heavy (non-hydrogen) atoms. The molecule has 0 fully saturated rings. The number of hydrogen-bond donors (Lipinski definition) is 2. The second kappa shape index (κ2) is 8.41. The van der Waals surface area contributed by atoms with Gasteiger partial charge in [0.05, 0.1) is 11.5 Å². The molecular weight excluding hydrogens is 268 g/mol. The molecule has 0 aromatic rings. The average molecular weight is 288 g/mol. The van der Waals surface area contributed by atoms with Gasteiger partial charge < -0.3 is 20.9 Å². The summed E-state index contributed by atoms with van der Waals surface area (Å²) in [5.74, 6) is -1.81. The first-order valence-corrected chi connectivity index (χ1v) is 6.26. The van der Waals surface area contributed by atoms with Crippen LogP contribution < -0.4 is 11.1 Å². The number of nitrogens with one attached hydrogen (secondary N) is 1. The van der Waals surface area contributed by atoms with E-state index < -0.39 is 11.8 Å². The Hall–Kier alpha value is -1.70. The second-order valence-electron chi connectivity index (χ2n) is 4.16. The molecular formula is C11H20N4O3S. The third-order valence-corrected chi connectivity index (χ3v) is 2.37. The van der Waals surface area contributed by atoms with Gasteiger partial charge in [0.25, 0.3) is 0 Å². The summed E-state index contributed by atoms with van der Waals surface area (Å²) < 4.78 is 0. The molecule has 0 aliphatic carbocycles. The monoisotopic (exact) mass is 288 g/mol. The van der Waals surface area contributed by atoms with Gasteiger partial charge in [0.2, 0.25) is 5.91 Å². The zero-order chi connectivity index (χ0) is 15.0. The van der Waals surface area contributed by atoms with Crippen LogP contribution in [0.1, 0.15) is 13.3 Å². The molecule has 7 nitrogen and oxygen atoms in total. The van der Waals surface area contributed by atoms with Crippen LogP contribution in [0.5, 0.6) is 0 Å². The fourth-order valence-electron chi connectivity index (χ4n) is 1.21. The fraction of sp³-hybridized carbons (Fsp3) is 0.636. The topological polar surface area (TPSA) is 95.7 Å². The molecule has 0 saturated carbocycles. The van der Waals surface area contributed by atoms with E-state index in [1.165, 1.54) is 9.80 Å². The highest BCUT2D eigenvalue weighted by atomic mass is 32.1. The van der Waals surface area contributed by atoms with Gasteiger partial charge in [0.1, 0.15) is 6.54 Å². The number of carbonyl (C=O) groups excluding carboxylic acids is 3. The molecule has 8 heteroatoms. The van der Waals surface area contributed by atoms with Crippen molar-refractivity contribution in [1.82, 2.24) is 15.1 Å². The highest BCUT2D eigenvalue weighted by Crippen LogP contribution is 1.95. The Morgan fingerprint density at radius 3 is 2.26 bits per heavy atom. The highest BCUT2D eigenvalue weighted by Gasteiger charge is 2.23. The summed E-state index contributed by atoms with van der Waals surface area (Å²) in [5.41, 5.74) is 5.23. The SMILES string of the molecule is CCCN(CC(=O)N(C)C)C(=O)C(=O)NCC(N)=S. The Labute approximate surface area is 118 Å². The molecule has 0 radical (unpaired) electrons. The number of nitrogens with two attached hydrogens (primary N) is 1. The first-order chi connectivity index (χ1) is 8.79. The Morgan fingerprint density at radius 2 is 1.84 bits per heavy atom. The van der Waals surface area contributed by atoms with Crippen LogP contribution in [0, 0.1) is 0 Å². The van der Waals surface area contributed by atoms with Crippen LogP contribution in [0.4, 0.5) is 0 Å². The molecule has 0 aliphatic rings. The summed E-state index contributed by atoms with van der Waals surface area (Å²) >= 11 is 4.60. The largest absolute Gasteiger partial charge is 0.392 e. The van der Waals surface area contributed by atoms with E-state index in [2.05, 4.69) is 17.5 Å². The molecule has 3 N–H and O–H groups in total. The van der Waals surface area contributed by atoms with Crippen LogP contribution in [0.15, 0.2) is 0 Å². The van der Waals surface area contributed by atoms with Crippen molar-refractivity contribution >= 4 is 34.9 Å². The Bertz CT molecular complexity index is 371. The lowest BCUT2D eigenvalue weighted by molar-refractivity contribution is -0.148. The first kappa shape index (κ1) is 17.3. The lowest BCUT2D eigenvalue weighted by Gasteiger charge is -2.22.